The third-order valence-electron chi connectivity index (χ3n) is 26.7. The van der Waals surface area contributed by atoms with Crippen molar-refractivity contribution in [3.8, 4) is 28.7 Å². The maximum Gasteiger partial charge on any atom is 0.322 e. The molecule has 5 aliphatic heterocycles. The number of hydrogen-bond donors (Lipinski definition) is 11. The summed E-state index contributed by atoms with van der Waals surface area (Å²) in [5, 5.41) is 33.0. The molecule has 0 saturated heterocycles. The van der Waals surface area contributed by atoms with Crippen molar-refractivity contribution in [2.75, 3.05) is 65.3 Å². The minimum Gasteiger partial charge on any atom is -0.497 e. The van der Waals surface area contributed by atoms with Gasteiger partial charge in [-0.1, -0.05) is 223 Å². The molecule has 23 heteroatoms. The summed E-state index contributed by atoms with van der Waals surface area (Å²) in [6.45, 7) is 8.13. The number of aromatic amines is 5. The van der Waals surface area contributed by atoms with Crippen LogP contribution in [-0.4, -0.2) is 119 Å². The van der Waals surface area contributed by atoms with E-state index in [-0.39, 0.29) is 42.3 Å². The van der Waals surface area contributed by atoms with Crippen molar-refractivity contribution < 1.29 is 43.2 Å². The number of anilines is 2. The number of para-hydroxylation sites is 4. The van der Waals surface area contributed by atoms with E-state index in [9.17, 15) is 19.5 Å². The number of aliphatic carboxylic acids is 1. The van der Waals surface area contributed by atoms with Gasteiger partial charge < -0.3 is 84.8 Å². The van der Waals surface area contributed by atoms with E-state index in [1.165, 1.54) is 77.4 Å². The average molecular weight is 1910 g/mol. The number of nitrogens with one attached hydrogen (secondary N) is 10. The molecule has 692 valence electrons. The van der Waals surface area contributed by atoms with Crippen molar-refractivity contribution in [3.05, 3.63) is 420 Å². The van der Waals surface area contributed by atoms with E-state index >= 15 is 0 Å². The number of rotatable bonds is 16. The lowest BCUT2D eigenvalue weighted by atomic mass is 9.90. The summed E-state index contributed by atoms with van der Waals surface area (Å²) in [6.07, 6.45) is 4.11. The van der Waals surface area contributed by atoms with Gasteiger partial charge in [-0.2, -0.15) is 0 Å². The van der Waals surface area contributed by atoms with Gasteiger partial charge in [0.25, 0.3) is 0 Å². The van der Waals surface area contributed by atoms with E-state index in [1.807, 2.05) is 198 Å². The number of carboxylic acids is 1. The Hall–Kier alpha value is -14.8. The summed E-state index contributed by atoms with van der Waals surface area (Å²) in [5.41, 5.74) is 27.2. The van der Waals surface area contributed by atoms with Crippen molar-refractivity contribution in [2.45, 2.75) is 94.7 Å². The molecule has 5 aromatic heterocycles. The summed E-state index contributed by atoms with van der Waals surface area (Å²) in [6, 6.07) is 104. The van der Waals surface area contributed by atoms with Gasteiger partial charge in [0.05, 0.1) is 58.6 Å². The molecule has 23 rings (SSSR count). The number of hydrogen-bond acceptors (Lipinski definition) is 11. The van der Waals surface area contributed by atoms with Crippen LogP contribution in [0, 0.1) is 0 Å². The molecule has 21 nitrogen and oxygen atoms in total. The highest BCUT2D eigenvalue weighted by Crippen LogP contribution is 2.45. The molecule has 18 aromatic rings. The number of ether oxygens (including phenoxy) is 5. The Morgan fingerprint density at radius 1 is 0.409 bits per heavy atom. The van der Waals surface area contributed by atoms with E-state index in [0.717, 1.165) is 161 Å². The molecule has 0 spiro atoms. The zero-order chi connectivity index (χ0) is 94.2. The fourth-order valence-corrected chi connectivity index (χ4v) is 20.4. The first-order chi connectivity index (χ1) is 67.0. The number of nitrogens with zero attached hydrogens (tertiary/aromatic N) is 2. The van der Waals surface area contributed by atoms with Crippen molar-refractivity contribution in [1.82, 2.24) is 50.7 Å². The fraction of sp³-hybridized carbons (Fsp3) is 0.202. The third-order valence-corrected chi connectivity index (χ3v) is 27.4. The third kappa shape index (κ3) is 19.6. The molecule has 5 aliphatic rings. The number of halogens is 2. The average Bonchev–Trinajstić information content (AvgIpc) is 1.63. The predicted molar refractivity (Wildman–Crippen MR) is 550 cm³/mol. The number of methoxy groups -OCH3 is 4. The lowest BCUT2D eigenvalue weighted by Crippen LogP contribution is -2.44. The maximum absolute atomic E-state index is 13.5. The normalized spacial score (nSPS) is 16.7. The minimum absolute atomic E-state index is 0.0996. The molecule has 137 heavy (non-hydrogen) atoms. The molecule has 11 N–H and O–H groups in total. The number of fused-ring (bicyclic) bond motifs is 15. The number of carboxylic acid groups (broad SMARTS) is 1. The van der Waals surface area contributed by atoms with Gasteiger partial charge in [-0.3, -0.25) is 10.1 Å². The Balaban J connectivity index is 0.000000110. The SMILES string of the molecule is COc1ccc(C2NC(C(=O)O)Cc3c2[nH]c2ccc(Br)cc32)cc1.COc1ccc(C2c3[nH]c4ccccc4c3CCN2C(=O)Nc2ccc(C(C)C)cc2)cc1.COc1ccc(C2c3[nH]c4ccccc4c3CCN2C(=O)Nc2ccccc2)cc1.COc1ccccc1C1NCCc2c1[nH]c1ccc(Cl)cc21.c1ccc(COc2ccc3[nH]c4c(c3c2)CCNC4c2ccccc2)cc1. The zero-order valence-electron chi connectivity index (χ0n) is 77.0. The van der Waals surface area contributed by atoms with E-state index in [2.05, 4.69) is 209 Å². The second-order valence-corrected chi connectivity index (χ2v) is 36.5. The van der Waals surface area contributed by atoms with Gasteiger partial charge in [0.15, 0.2) is 0 Å². The van der Waals surface area contributed by atoms with E-state index in [0.29, 0.717) is 32.0 Å². The van der Waals surface area contributed by atoms with Crippen LogP contribution in [0.2, 0.25) is 5.02 Å². The van der Waals surface area contributed by atoms with Gasteiger partial charge in [-0.15, -0.1) is 0 Å². The van der Waals surface area contributed by atoms with Gasteiger partial charge >= 0.3 is 18.0 Å². The molecular formula is C114H108BrClN12O9. The van der Waals surface area contributed by atoms with Crippen LogP contribution < -0.4 is 50.3 Å². The van der Waals surface area contributed by atoms with Crippen LogP contribution in [0.1, 0.15) is 145 Å². The quantitative estimate of drug-likeness (QED) is 0.0432. The first kappa shape index (κ1) is 91.3. The lowest BCUT2D eigenvalue weighted by Gasteiger charge is -2.36. The number of amides is 4. The standard InChI is InChI=1S/C28H29N3O2.C25H23N3O2.C24H22N2O.C19H17BrN2O3.C18H17ClN2O/c1-18(2)19-8-12-21(13-9-19)29-28(32)31-17-16-24-23-6-4-5-7-25(23)30-26(24)27(31)20-10-14-22(33-3)15-11-20;1-30-19-13-11-17(12-14-19)24-23-21(20-9-5-6-10-22(20)27-23)15-16-28(24)25(29)26-18-7-3-2-4-8-18;1-3-7-17(8-4-1)16-27-19-11-12-22-21(15-19)20-13-14-25-23(24(20)26-22)18-9-5-2-6-10-18;1-25-12-5-2-10(3-6-12)17-18-14(9-16(22-17)19(23)24)13-8-11(20)4-7-15(13)21-18;1-22-16-5-3-2-4-13(16)17-18-12(8-9-20-17)14-10-11(19)6-7-15(14)21-18/h4-15,18,27,30H,16-17H2,1-3H3,(H,29,32);2-14,24,27H,15-16H2,1H3,(H,26,29);1-12,15,23,25-26H,13-14,16H2;2-8,16-17,21-22H,9H2,1H3,(H,23,24);2-7,10,17,20-21H,8-9H2,1H3. The van der Waals surface area contributed by atoms with Gasteiger partial charge in [0.2, 0.25) is 0 Å². The van der Waals surface area contributed by atoms with E-state index in [1.54, 1.807) is 28.4 Å². The van der Waals surface area contributed by atoms with Crippen LogP contribution in [-0.2, 0) is 43.5 Å². The van der Waals surface area contributed by atoms with Crippen LogP contribution in [0.25, 0.3) is 54.5 Å². The van der Waals surface area contributed by atoms with Crippen LogP contribution in [0.15, 0.2) is 320 Å². The first-order valence-corrected chi connectivity index (χ1v) is 47.6. The molecule has 0 saturated carbocycles. The Morgan fingerprint density at radius 2 is 0.839 bits per heavy atom. The van der Waals surface area contributed by atoms with Crippen LogP contribution in [0.4, 0.5) is 21.0 Å². The Morgan fingerprint density at radius 3 is 1.39 bits per heavy atom. The summed E-state index contributed by atoms with van der Waals surface area (Å²) in [5.74, 6) is 3.81. The molecular weight excluding hydrogens is 1800 g/mol. The molecule has 6 unspecified atom stereocenters. The lowest BCUT2D eigenvalue weighted by molar-refractivity contribution is -0.139. The second kappa shape index (κ2) is 41.2. The summed E-state index contributed by atoms with van der Waals surface area (Å²) in [4.78, 5) is 60.2. The highest BCUT2D eigenvalue weighted by molar-refractivity contribution is 9.10. The highest BCUT2D eigenvalue weighted by atomic mass is 79.9. The molecule has 6 atom stereocenters. The molecule has 0 aliphatic carbocycles. The topological polar surface area (TPSA) is 263 Å². The van der Waals surface area contributed by atoms with Gasteiger partial charge in [-0.25, -0.2) is 9.59 Å². The van der Waals surface area contributed by atoms with E-state index in [4.69, 9.17) is 35.3 Å². The largest absolute Gasteiger partial charge is 0.497 e. The maximum atomic E-state index is 13.5. The predicted octanol–water partition coefficient (Wildman–Crippen LogP) is 24.5. The molecule has 13 aromatic carbocycles. The Labute approximate surface area is 808 Å². The number of benzene rings is 13. The molecule has 10 heterocycles. The van der Waals surface area contributed by atoms with Crippen molar-refractivity contribution >= 4 is 111 Å². The smallest absolute Gasteiger partial charge is 0.322 e. The number of urea groups is 2. The van der Waals surface area contributed by atoms with E-state index < -0.39 is 12.0 Å². The zero-order valence-corrected chi connectivity index (χ0v) is 79.3. The molecule has 0 radical (unpaired) electrons. The summed E-state index contributed by atoms with van der Waals surface area (Å²) < 4.78 is 28.5. The van der Waals surface area contributed by atoms with Crippen LogP contribution in [0.3, 0.4) is 0 Å². The van der Waals surface area contributed by atoms with Crippen molar-refractivity contribution in [1.29, 1.82) is 0 Å². The number of aromatic nitrogens is 5. The van der Waals surface area contributed by atoms with Gasteiger partial charge in [0, 0.05) is 142 Å². The number of H-pyrrole nitrogens is 5. The Bertz CT molecular complexity index is 7310. The van der Waals surface area contributed by atoms with Gasteiger partial charge in [-0.05, 0) is 226 Å². The molecule has 4 amide bonds. The summed E-state index contributed by atoms with van der Waals surface area (Å²) in [7, 11) is 6.66. The fourth-order valence-electron chi connectivity index (χ4n) is 19.9. The minimum atomic E-state index is -0.839. The number of carbonyl (C=O) groups is 3. The number of carbonyl (C=O) groups excluding carboxylic acids is 2. The molecule has 0 fully saturated rings. The highest BCUT2D eigenvalue weighted by Gasteiger charge is 2.39. The van der Waals surface area contributed by atoms with Crippen molar-refractivity contribution in [2.24, 2.45) is 0 Å². The van der Waals surface area contributed by atoms with Crippen molar-refractivity contribution in [3.63, 3.8) is 0 Å². The summed E-state index contributed by atoms with van der Waals surface area (Å²) >= 11 is 9.67. The van der Waals surface area contributed by atoms with Crippen LogP contribution in [0.5, 0.6) is 28.7 Å². The van der Waals surface area contributed by atoms with Crippen LogP contribution >= 0.6 is 27.5 Å². The Kier molecular flexibility index (Phi) is 27.5. The second-order valence-electron chi connectivity index (χ2n) is 35.2. The first-order valence-electron chi connectivity index (χ1n) is 46.5. The molecule has 0 bridgehead atoms. The monoisotopic (exact) mass is 1900 g/mol. The van der Waals surface area contributed by atoms with Gasteiger partial charge in [0.1, 0.15) is 41.4 Å².